The van der Waals surface area contributed by atoms with Gasteiger partial charge in [-0.1, -0.05) is 0 Å². The third-order valence-corrected chi connectivity index (χ3v) is 2.18. The average molecular weight is 281 g/mol. The summed E-state index contributed by atoms with van der Waals surface area (Å²) in [6, 6.07) is 5.28. The highest BCUT2D eigenvalue weighted by Gasteiger charge is 2.11. The maximum Gasteiger partial charge on any atom is 0.329 e. The van der Waals surface area contributed by atoms with Crippen LogP contribution >= 0.6 is 11.6 Å². The molecule has 2 aromatic rings. The number of rotatable bonds is 3. The number of halogens is 2. The van der Waals surface area contributed by atoms with E-state index in [2.05, 4.69) is 15.0 Å². The number of hydrogen-bond acceptors (Lipinski definition) is 6. The summed E-state index contributed by atoms with van der Waals surface area (Å²) in [7, 11) is 1.34. The first-order valence-electron chi connectivity index (χ1n) is 4.95. The number of hydrogen-bond donors (Lipinski definition) is 0. The molecule has 0 N–H and O–H groups in total. The second-order valence-electron chi connectivity index (χ2n) is 3.23. The molecule has 0 bridgehead atoms. The molecule has 0 spiro atoms. The lowest BCUT2D eigenvalue weighted by atomic mass is 10.2. The molecule has 19 heavy (non-hydrogen) atoms. The van der Waals surface area contributed by atoms with E-state index < -0.39 is 5.82 Å². The Labute approximate surface area is 112 Å². The van der Waals surface area contributed by atoms with Gasteiger partial charge >= 0.3 is 12.0 Å². The van der Waals surface area contributed by atoms with Gasteiger partial charge in [0.25, 0.3) is 0 Å². The van der Waals surface area contributed by atoms with Crippen molar-refractivity contribution in [1.82, 2.24) is 15.0 Å². The molecule has 0 saturated heterocycles. The molecule has 0 aliphatic heterocycles. The van der Waals surface area contributed by atoms with Crippen LogP contribution in [0.3, 0.4) is 0 Å². The van der Waals surface area contributed by atoms with Crippen molar-refractivity contribution in [3.05, 3.63) is 34.9 Å². The van der Waals surface area contributed by atoms with E-state index in [9.17, 15) is 4.39 Å². The fourth-order valence-electron chi connectivity index (χ4n) is 1.20. The van der Waals surface area contributed by atoms with E-state index >= 15 is 0 Å². The molecule has 0 saturated carbocycles. The number of nitrogens with zero attached hydrogens (tertiary/aromatic N) is 4. The Morgan fingerprint density at radius 3 is 2.63 bits per heavy atom. The Kier molecular flexibility index (Phi) is 3.73. The summed E-state index contributed by atoms with van der Waals surface area (Å²) in [5, 5.41) is 8.48. The maximum absolute atomic E-state index is 13.6. The quantitative estimate of drug-likeness (QED) is 0.858. The van der Waals surface area contributed by atoms with Crippen molar-refractivity contribution >= 4 is 11.6 Å². The highest BCUT2D eigenvalue weighted by atomic mass is 35.5. The minimum atomic E-state index is -0.713. The third-order valence-electron chi connectivity index (χ3n) is 2.01. The Balaban J connectivity index is 2.31. The van der Waals surface area contributed by atoms with Gasteiger partial charge in [-0.3, -0.25) is 0 Å². The summed E-state index contributed by atoms with van der Waals surface area (Å²) >= 11 is 5.62. The van der Waals surface area contributed by atoms with Crippen molar-refractivity contribution in [2.24, 2.45) is 0 Å². The summed E-state index contributed by atoms with van der Waals surface area (Å²) < 4.78 is 23.5. The van der Waals surface area contributed by atoms with Gasteiger partial charge in [-0.25, -0.2) is 4.39 Å². The SMILES string of the molecule is COc1nc(Cl)nc(Oc2ccc(C#N)cc2F)n1. The van der Waals surface area contributed by atoms with Gasteiger partial charge in [0, 0.05) is 0 Å². The Hall–Kier alpha value is -2.46. The van der Waals surface area contributed by atoms with Crippen LogP contribution in [-0.4, -0.2) is 22.1 Å². The van der Waals surface area contributed by atoms with Crippen LogP contribution in [0.1, 0.15) is 5.56 Å². The van der Waals surface area contributed by atoms with Gasteiger partial charge in [-0.05, 0) is 29.8 Å². The number of methoxy groups -OCH3 is 1. The summed E-state index contributed by atoms with van der Waals surface area (Å²) in [6.07, 6.45) is 0. The van der Waals surface area contributed by atoms with Crippen LogP contribution in [0.5, 0.6) is 17.8 Å². The first-order valence-corrected chi connectivity index (χ1v) is 5.33. The number of benzene rings is 1. The molecule has 0 fully saturated rings. The van der Waals surface area contributed by atoms with Gasteiger partial charge in [-0.2, -0.15) is 15.2 Å². The minimum absolute atomic E-state index is 0.0518. The van der Waals surface area contributed by atoms with Crippen LogP contribution in [0.15, 0.2) is 18.2 Å². The molecular formula is C11H6ClFN4O2. The van der Waals surface area contributed by atoms with Crippen LogP contribution in [-0.2, 0) is 0 Å². The van der Waals surface area contributed by atoms with Crippen molar-refractivity contribution in [3.63, 3.8) is 0 Å². The smallest absolute Gasteiger partial charge is 0.329 e. The summed E-state index contributed by atoms with van der Waals surface area (Å²) in [6.45, 7) is 0. The monoisotopic (exact) mass is 280 g/mol. The van der Waals surface area contributed by atoms with Crippen molar-refractivity contribution < 1.29 is 13.9 Å². The Morgan fingerprint density at radius 2 is 2.00 bits per heavy atom. The second-order valence-corrected chi connectivity index (χ2v) is 3.57. The van der Waals surface area contributed by atoms with Gasteiger partial charge in [0.05, 0.1) is 18.7 Å². The number of nitriles is 1. The fourth-order valence-corrected chi connectivity index (χ4v) is 1.35. The fraction of sp³-hybridized carbons (Fsp3) is 0.0909. The predicted molar refractivity (Wildman–Crippen MR) is 62.6 cm³/mol. The Bertz CT molecular complexity index is 660. The lowest BCUT2D eigenvalue weighted by Crippen LogP contribution is -1.99. The minimum Gasteiger partial charge on any atom is -0.467 e. The zero-order chi connectivity index (χ0) is 13.8. The lowest BCUT2D eigenvalue weighted by Gasteiger charge is -2.06. The molecular weight excluding hydrogens is 275 g/mol. The summed E-state index contributed by atoms with van der Waals surface area (Å²) in [5.41, 5.74) is 0.177. The largest absolute Gasteiger partial charge is 0.467 e. The molecule has 8 heteroatoms. The average Bonchev–Trinajstić information content (AvgIpc) is 2.40. The molecule has 6 nitrogen and oxygen atoms in total. The zero-order valence-electron chi connectivity index (χ0n) is 9.59. The molecule has 0 unspecified atom stereocenters. The first-order chi connectivity index (χ1) is 9.12. The van der Waals surface area contributed by atoms with E-state index in [1.165, 1.54) is 19.2 Å². The van der Waals surface area contributed by atoms with E-state index in [0.29, 0.717) is 0 Å². The highest BCUT2D eigenvalue weighted by molar-refractivity contribution is 6.28. The topological polar surface area (TPSA) is 80.9 Å². The molecule has 0 amide bonds. The van der Waals surface area contributed by atoms with Crippen molar-refractivity contribution in [1.29, 1.82) is 5.26 Å². The van der Waals surface area contributed by atoms with Crippen LogP contribution in [0.2, 0.25) is 5.28 Å². The predicted octanol–water partition coefficient (Wildman–Crippen LogP) is 2.34. The molecule has 0 atom stereocenters. The molecule has 2 rings (SSSR count). The van der Waals surface area contributed by atoms with E-state index in [1.807, 2.05) is 6.07 Å². The molecule has 0 aliphatic carbocycles. The van der Waals surface area contributed by atoms with E-state index in [1.54, 1.807) is 0 Å². The van der Waals surface area contributed by atoms with Crippen LogP contribution in [0, 0.1) is 17.1 Å². The van der Waals surface area contributed by atoms with Crippen molar-refractivity contribution in [2.45, 2.75) is 0 Å². The van der Waals surface area contributed by atoms with Gasteiger partial charge in [-0.15, -0.1) is 4.98 Å². The molecule has 1 aromatic heterocycles. The van der Waals surface area contributed by atoms with E-state index in [0.717, 1.165) is 6.07 Å². The first kappa shape index (κ1) is 13.0. The van der Waals surface area contributed by atoms with E-state index in [4.69, 9.17) is 26.3 Å². The molecule has 1 heterocycles. The normalized spacial score (nSPS) is 9.79. The van der Waals surface area contributed by atoms with Crippen LogP contribution in [0.25, 0.3) is 0 Å². The molecule has 0 radical (unpaired) electrons. The van der Waals surface area contributed by atoms with E-state index in [-0.39, 0.29) is 28.6 Å². The second kappa shape index (κ2) is 5.46. The van der Waals surface area contributed by atoms with Gasteiger partial charge in [0.1, 0.15) is 0 Å². The lowest BCUT2D eigenvalue weighted by molar-refractivity contribution is 0.354. The number of ether oxygens (including phenoxy) is 2. The van der Waals surface area contributed by atoms with Gasteiger partial charge < -0.3 is 9.47 Å². The maximum atomic E-state index is 13.6. The standard InChI is InChI=1S/C11H6ClFN4O2/c1-18-10-15-9(12)16-11(17-10)19-8-3-2-6(5-14)4-7(8)13/h2-4H,1H3. The van der Waals surface area contributed by atoms with Crippen LogP contribution < -0.4 is 9.47 Å². The number of aromatic nitrogens is 3. The Morgan fingerprint density at radius 1 is 1.26 bits per heavy atom. The summed E-state index contributed by atoms with van der Waals surface area (Å²) in [4.78, 5) is 11.1. The van der Waals surface area contributed by atoms with Gasteiger partial charge in [0.2, 0.25) is 5.28 Å². The third kappa shape index (κ3) is 3.05. The summed E-state index contributed by atoms with van der Waals surface area (Å²) in [5.74, 6) is -0.849. The van der Waals surface area contributed by atoms with Crippen molar-refractivity contribution in [2.75, 3.05) is 7.11 Å². The molecule has 1 aromatic carbocycles. The van der Waals surface area contributed by atoms with Crippen molar-refractivity contribution in [3.8, 4) is 23.8 Å². The molecule has 96 valence electrons. The van der Waals surface area contributed by atoms with Crippen LogP contribution in [0.4, 0.5) is 4.39 Å². The highest BCUT2D eigenvalue weighted by Crippen LogP contribution is 2.24. The molecule has 0 aliphatic rings. The van der Waals surface area contributed by atoms with Gasteiger partial charge in [0.15, 0.2) is 11.6 Å². The zero-order valence-corrected chi connectivity index (χ0v) is 10.3.